The molecule has 2 heterocycles. The van der Waals surface area contributed by atoms with Crippen LogP contribution in [-0.4, -0.2) is 14.6 Å². The van der Waals surface area contributed by atoms with Crippen molar-refractivity contribution in [3.8, 4) is 0 Å². The first-order chi connectivity index (χ1) is 10.5. The van der Waals surface area contributed by atoms with Gasteiger partial charge in [-0.25, -0.2) is 0 Å². The smallest absolute Gasteiger partial charge is 0.184 e. The third-order valence-corrected chi connectivity index (χ3v) is 3.72. The van der Waals surface area contributed by atoms with Crippen molar-refractivity contribution in [3.63, 3.8) is 0 Å². The fraction of sp³-hybridized carbons (Fsp3) is 0.222. The summed E-state index contributed by atoms with van der Waals surface area (Å²) in [6.07, 6.45) is 6.00. The highest BCUT2D eigenvalue weighted by Gasteiger charge is 2.06. The second-order valence-electron chi connectivity index (χ2n) is 5.88. The molecule has 0 saturated carbocycles. The van der Waals surface area contributed by atoms with E-state index >= 15 is 0 Å². The van der Waals surface area contributed by atoms with Gasteiger partial charge >= 0.3 is 0 Å². The van der Waals surface area contributed by atoms with Crippen LogP contribution in [0.5, 0.6) is 0 Å². The molecule has 0 unspecified atom stereocenters. The first-order valence-corrected chi connectivity index (χ1v) is 7.43. The minimum atomic E-state index is 0.546. The molecule has 0 saturated heterocycles. The summed E-state index contributed by atoms with van der Waals surface area (Å²) < 4.78 is 1.92. The van der Waals surface area contributed by atoms with Gasteiger partial charge in [-0.15, -0.1) is 10.2 Å². The highest BCUT2D eigenvalue weighted by Crippen LogP contribution is 2.18. The summed E-state index contributed by atoms with van der Waals surface area (Å²) in [4.78, 5) is 0. The first kappa shape index (κ1) is 14.3. The third-order valence-electron chi connectivity index (χ3n) is 3.72. The molecule has 3 aromatic rings. The van der Waals surface area contributed by atoms with Crippen LogP contribution in [0.2, 0.25) is 0 Å². The highest BCUT2D eigenvalue weighted by molar-refractivity contribution is 5.71. The zero-order chi connectivity index (χ0) is 15.7. The number of rotatable bonds is 3. The van der Waals surface area contributed by atoms with E-state index in [-0.39, 0.29) is 0 Å². The van der Waals surface area contributed by atoms with Gasteiger partial charge in [0.25, 0.3) is 0 Å². The van der Waals surface area contributed by atoms with Gasteiger partial charge in [-0.3, -0.25) is 4.40 Å². The van der Waals surface area contributed by atoms with E-state index in [4.69, 9.17) is 5.73 Å². The molecule has 0 amide bonds. The molecule has 4 nitrogen and oxygen atoms in total. The molecule has 0 aliphatic rings. The number of anilines is 1. The Labute approximate surface area is 130 Å². The fourth-order valence-electron chi connectivity index (χ4n) is 2.45. The van der Waals surface area contributed by atoms with Crippen molar-refractivity contribution in [3.05, 3.63) is 59.0 Å². The van der Waals surface area contributed by atoms with Crippen molar-refractivity contribution in [2.75, 3.05) is 5.73 Å². The number of pyridine rings is 1. The molecule has 4 heteroatoms. The van der Waals surface area contributed by atoms with Crippen LogP contribution >= 0.6 is 0 Å². The molecular formula is C18H20N4. The fourth-order valence-corrected chi connectivity index (χ4v) is 2.45. The summed E-state index contributed by atoms with van der Waals surface area (Å²) in [7, 11) is 0. The maximum atomic E-state index is 5.98. The highest BCUT2D eigenvalue weighted by atomic mass is 15.2. The van der Waals surface area contributed by atoms with Crippen molar-refractivity contribution in [2.24, 2.45) is 0 Å². The van der Waals surface area contributed by atoms with E-state index in [0.29, 0.717) is 17.3 Å². The summed E-state index contributed by atoms with van der Waals surface area (Å²) in [5.74, 6) is 1.32. The summed E-state index contributed by atoms with van der Waals surface area (Å²) in [6.45, 7) is 6.40. The van der Waals surface area contributed by atoms with Gasteiger partial charge in [-0.05, 0) is 41.7 Å². The van der Waals surface area contributed by atoms with Crippen LogP contribution in [0, 0.1) is 6.92 Å². The molecule has 2 aromatic heterocycles. The quantitative estimate of drug-likeness (QED) is 0.796. The summed E-state index contributed by atoms with van der Waals surface area (Å²) in [5, 5.41) is 8.35. The van der Waals surface area contributed by atoms with E-state index < -0.39 is 0 Å². The molecule has 2 N–H and O–H groups in total. The molecule has 22 heavy (non-hydrogen) atoms. The monoisotopic (exact) mass is 292 g/mol. The van der Waals surface area contributed by atoms with Gasteiger partial charge in [0.2, 0.25) is 0 Å². The zero-order valence-electron chi connectivity index (χ0n) is 13.1. The lowest BCUT2D eigenvalue weighted by atomic mass is 10.0. The van der Waals surface area contributed by atoms with Gasteiger partial charge < -0.3 is 5.73 Å². The topological polar surface area (TPSA) is 56.2 Å². The lowest BCUT2D eigenvalue weighted by Gasteiger charge is -2.04. The van der Waals surface area contributed by atoms with Gasteiger partial charge in [0.1, 0.15) is 0 Å². The number of hydrogen-bond donors (Lipinski definition) is 1. The Morgan fingerprint density at radius 1 is 1.09 bits per heavy atom. The summed E-state index contributed by atoms with van der Waals surface area (Å²) >= 11 is 0. The van der Waals surface area contributed by atoms with Crippen molar-refractivity contribution in [1.82, 2.24) is 14.6 Å². The second kappa shape index (κ2) is 5.64. The Morgan fingerprint density at radius 3 is 2.50 bits per heavy atom. The molecule has 0 bridgehead atoms. The van der Waals surface area contributed by atoms with Crippen LogP contribution in [0.3, 0.4) is 0 Å². The van der Waals surface area contributed by atoms with Crippen molar-refractivity contribution >= 4 is 23.5 Å². The predicted molar refractivity (Wildman–Crippen MR) is 91.6 cm³/mol. The summed E-state index contributed by atoms with van der Waals surface area (Å²) in [5.41, 5.74) is 10.9. The van der Waals surface area contributed by atoms with Gasteiger partial charge in [-0.2, -0.15) is 0 Å². The van der Waals surface area contributed by atoms with Gasteiger partial charge in [0, 0.05) is 6.20 Å². The SMILES string of the molecule is Cc1cc(N)c2nnc(/C=C/c3ccc(C(C)C)cc3)n2c1. The number of aryl methyl sites for hydroxylation is 1. The largest absolute Gasteiger partial charge is 0.396 e. The molecule has 0 spiro atoms. The average molecular weight is 292 g/mol. The predicted octanol–water partition coefficient (Wildman–Crippen LogP) is 3.91. The average Bonchev–Trinajstić information content (AvgIpc) is 2.89. The maximum Gasteiger partial charge on any atom is 0.184 e. The van der Waals surface area contributed by atoms with E-state index in [1.165, 1.54) is 5.56 Å². The minimum Gasteiger partial charge on any atom is -0.396 e. The van der Waals surface area contributed by atoms with Crippen LogP contribution in [0.1, 0.15) is 42.3 Å². The van der Waals surface area contributed by atoms with E-state index in [1.807, 2.05) is 35.7 Å². The van der Waals surface area contributed by atoms with E-state index in [0.717, 1.165) is 17.0 Å². The Morgan fingerprint density at radius 2 is 1.82 bits per heavy atom. The number of nitrogens with zero attached hydrogens (tertiary/aromatic N) is 3. The van der Waals surface area contributed by atoms with Crippen LogP contribution < -0.4 is 5.73 Å². The van der Waals surface area contributed by atoms with Crippen molar-refractivity contribution in [2.45, 2.75) is 26.7 Å². The minimum absolute atomic E-state index is 0.546. The number of nitrogens with two attached hydrogens (primary N) is 1. The number of benzene rings is 1. The number of nitrogen functional groups attached to an aromatic ring is 1. The van der Waals surface area contributed by atoms with E-state index in [2.05, 4.69) is 48.3 Å². The normalized spacial score (nSPS) is 11.8. The molecule has 0 atom stereocenters. The van der Waals surface area contributed by atoms with E-state index in [1.54, 1.807) is 0 Å². The third kappa shape index (κ3) is 2.72. The lowest BCUT2D eigenvalue weighted by molar-refractivity contribution is 0.866. The lowest BCUT2D eigenvalue weighted by Crippen LogP contribution is -1.95. The first-order valence-electron chi connectivity index (χ1n) is 7.43. The number of aromatic nitrogens is 3. The van der Waals surface area contributed by atoms with Gasteiger partial charge in [-0.1, -0.05) is 44.2 Å². The standard InChI is InChI=1S/C18H20N4/c1-12(2)15-7-4-14(5-8-15)6-9-17-20-21-18-16(19)10-13(3)11-22(17)18/h4-12H,19H2,1-3H3/b9-6+. The van der Waals surface area contributed by atoms with E-state index in [9.17, 15) is 0 Å². The number of fused-ring (bicyclic) bond motifs is 1. The van der Waals surface area contributed by atoms with Crippen LogP contribution in [0.4, 0.5) is 5.69 Å². The van der Waals surface area contributed by atoms with Crippen LogP contribution in [-0.2, 0) is 0 Å². The Bertz CT molecular complexity index is 826. The van der Waals surface area contributed by atoms with Crippen LogP contribution in [0.15, 0.2) is 36.5 Å². The Kier molecular flexibility index (Phi) is 3.67. The molecule has 0 fully saturated rings. The Hall–Kier alpha value is -2.62. The van der Waals surface area contributed by atoms with Crippen molar-refractivity contribution < 1.29 is 0 Å². The molecule has 3 rings (SSSR count). The molecule has 1 aromatic carbocycles. The molecule has 112 valence electrons. The van der Waals surface area contributed by atoms with Crippen LogP contribution in [0.25, 0.3) is 17.8 Å². The van der Waals surface area contributed by atoms with Gasteiger partial charge in [0.05, 0.1) is 5.69 Å². The molecular weight excluding hydrogens is 272 g/mol. The van der Waals surface area contributed by atoms with Crippen molar-refractivity contribution in [1.29, 1.82) is 0 Å². The second-order valence-corrected chi connectivity index (χ2v) is 5.88. The maximum absolute atomic E-state index is 5.98. The molecule has 0 aliphatic heterocycles. The Balaban J connectivity index is 1.92. The number of hydrogen-bond acceptors (Lipinski definition) is 3. The van der Waals surface area contributed by atoms with Gasteiger partial charge in [0.15, 0.2) is 11.5 Å². The summed E-state index contributed by atoms with van der Waals surface area (Å²) in [6, 6.07) is 10.5. The molecule has 0 aliphatic carbocycles. The molecule has 0 radical (unpaired) electrons. The zero-order valence-corrected chi connectivity index (χ0v) is 13.1.